The number of anilines is 1. The highest BCUT2D eigenvalue weighted by Gasteiger charge is 2.11. The van der Waals surface area contributed by atoms with Crippen LogP contribution in [-0.2, 0) is 11.2 Å². The van der Waals surface area contributed by atoms with Crippen LogP contribution in [0.15, 0.2) is 42.5 Å². The van der Waals surface area contributed by atoms with Crippen molar-refractivity contribution in [2.75, 3.05) is 26.1 Å². The van der Waals surface area contributed by atoms with Crippen LogP contribution in [0.1, 0.15) is 18.9 Å². The summed E-state index contributed by atoms with van der Waals surface area (Å²) in [6, 6.07) is 12.9. The van der Waals surface area contributed by atoms with Gasteiger partial charge in [-0.05, 0) is 42.7 Å². The Morgan fingerprint density at radius 1 is 1.08 bits per heavy atom. The number of carbonyl (C=O) groups excluding carboxylic acids is 1. The van der Waals surface area contributed by atoms with Gasteiger partial charge in [0.2, 0.25) is 0 Å². The lowest BCUT2D eigenvalue weighted by atomic mass is 10.0. The molecule has 0 saturated heterocycles. The third-order valence-corrected chi connectivity index (χ3v) is 3.99. The molecule has 26 heavy (non-hydrogen) atoms. The second-order valence-corrected chi connectivity index (χ2v) is 5.89. The maximum Gasteiger partial charge on any atom is 0.262 e. The summed E-state index contributed by atoms with van der Waals surface area (Å²) in [7, 11) is 3.12. The van der Waals surface area contributed by atoms with Gasteiger partial charge in [-0.15, -0.1) is 0 Å². The van der Waals surface area contributed by atoms with E-state index in [0.717, 1.165) is 18.4 Å². The van der Waals surface area contributed by atoms with E-state index in [1.54, 1.807) is 32.4 Å². The fourth-order valence-corrected chi connectivity index (χ4v) is 2.48. The Morgan fingerprint density at radius 3 is 2.50 bits per heavy atom. The molecule has 3 N–H and O–H groups in total. The van der Waals surface area contributed by atoms with Crippen LogP contribution in [0.3, 0.4) is 0 Å². The summed E-state index contributed by atoms with van der Waals surface area (Å²) < 4.78 is 16.2. The first kappa shape index (κ1) is 19.6. The lowest BCUT2D eigenvalue weighted by Gasteiger charge is -2.14. The average molecular weight is 358 g/mol. The van der Waals surface area contributed by atoms with Crippen molar-refractivity contribution in [2.45, 2.75) is 25.8 Å². The van der Waals surface area contributed by atoms with Gasteiger partial charge in [-0.3, -0.25) is 4.79 Å². The molecule has 0 aliphatic heterocycles. The minimum Gasteiger partial charge on any atom is -0.495 e. The third kappa shape index (κ3) is 5.39. The van der Waals surface area contributed by atoms with Crippen molar-refractivity contribution in [3.8, 4) is 17.2 Å². The van der Waals surface area contributed by atoms with Crippen molar-refractivity contribution in [3.63, 3.8) is 0 Å². The predicted octanol–water partition coefficient (Wildman–Crippen LogP) is 3.00. The fraction of sp³-hybridized carbons (Fsp3) is 0.350. The number of benzene rings is 2. The normalized spacial score (nSPS) is 11.5. The Labute approximate surface area is 154 Å². The number of hydrogen-bond acceptors (Lipinski definition) is 5. The number of nitrogens with one attached hydrogen (secondary N) is 1. The lowest BCUT2D eigenvalue weighted by molar-refractivity contribution is -0.118. The van der Waals surface area contributed by atoms with E-state index < -0.39 is 0 Å². The second-order valence-electron chi connectivity index (χ2n) is 5.89. The second kappa shape index (κ2) is 9.68. The molecule has 1 unspecified atom stereocenters. The molecule has 0 heterocycles. The molecule has 2 aromatic carbocycles. The predicted molar refractivity (Wildman–Crippen MR) is 102 cm³/mol. The number of para-hydroxylation sites is 2. The summed E-state index contributed by atoms with van der Waals surface area (Å²) in [5, 5.41) is 2.77. The molecule has 0 bridgehead atoms. The van der Waals surface area contributed by atoms with E-state index in [9.17, 15) is 4.79 Å². The summed E-state index contributed by atoms with van der Waals surface area (Å²) in [5.41, 5.74) is 7.66. The van der Waals surface area contributed by atoms with Crippen LogP contribution in [0.2, 0.25) is 0 Å². The van der Waals surface area contributed by atoms with Crippen LogP contribution in [0.4, 0.5) is 5.69 Å². The van der Waals surface area contributed by atoms with E-state index in [4.69, 9.17) is 19.9 Å². The van der Waals surface area contributed by atoms with Gasteiger partial charge >= 0.3 is 0 Å². The minimum absolute atomic E-state index is 0.109. The van der Waals surface area contributed by atoms with Crippen molar-refractivity contribution in [3.05, 3.63) is 48.0 Å². The molecule has 0 spiro atoms. The molecule has 0 fully saturated rings. The number of amides is 1. The zero-order chi connectivity index (χ0) is 18.9. The molecule has 0 aromatic heterocycles. The van der Waals surface area contributed by atoms with Gasteiger partial charge in [0.1, 0.15) is 5.75 Å². The van der Waals surface area contributed by atoms with Crippen LogP contribution >= 0.6 is 0 Å². The Hall–Kier alpha value is -2.73. The van der Waals surface area contributed by atoms with Crippen LogP contribution in [-0.4, -0.2) is 32.8 Å². The van der Waals surface area contributed by atoms with E-state index in [-0.39, 0.29) is 18.6 Å². The largest absolute Gasteiger partial charge is 0.495 e. The summed E-state index contributed by atoms with van der Waals surface area (Å²) in [4.78, 5) is 12.2. The molecule has 1 atom stereocenters. The molecule has 0 aliphatic carbocycles. The molecule has 0 saturated carbocycles. The SMILES string of the molecule is CCC(N)Cc1ccc(OCC(=O)Nc2ccccc2OC)c(OC)c1. The highest BCUT2D eigenvalue weighted by atomic mass is 16.5. The van der Waals surface area contributed by atoms with Gasteiger partial charge in [0, 0.05) is 6.04 Å². The number of carbonyl (C=O) groups is 1. The highest BCUT2D eigenvalue weighted by molar-refractivity contribution is 5.93. The number of methoxy groups -OCH3 is 2. The monoisotopic (exact) mass is 358 g/mol. The van der Waals surface area contributed by atoms with Gasteiger partial charge in [0.15, 0.2) is 18.1 Å². The van der Waals surface area contributed by atoms with Crippen molar-refractivity contribution in [2.24, 2.45) is 5.73 Å². The molecule has 6 nitrogen and oxygen atoms in total. The number of ether oxygens (including phenoxy) is 3. The van der Waals surface area contributed by atoms with Crippen molar-refractivity contribution < 1.29 is 19.0 Å². The molecule has 140 valence electrons. The van der Waals surface area contributed by atoms with E-state index >= 15 is 0 Å². The maximum atomic E-state index is 12.2. The van der Waals surface area contributed by atoms with Crippen LogP contribution in [0.5, 0.6) is 17.2 Å². The molecule has 0 aliphatic rings. The molecule has 1 amide bonds. The first-order chi connectivity index (χ1) is 12.6. The van der Waals surface area contributed by atoms with Gasteiger partial charge in [0.05, 0.1) is 19.9 Å². The van der Waals surface area contributed by atoms with Gasteiger partial charge in [-0.1, -0.05) is 25.1 Å². The summed E-state index contributed by atoms with van der Waals surface area (Å²) in [5.74, 6) is 1.40. The van der Waals surface area contributed by atoms with Crippen molar-refractivity contribution >= 4 is 11.6 Å². The Kier molecular flexibility index (Phi) is 7.29. The Balaban J connectivity index is 1.98. The van der Waals surface area contributed by atoms with Gasteiger partial charge in [-0.2, -0.15) is 0 Å². The Bertz CT molecular complexity index is 734. The minimum atomic E-state index is -0.284. The zero-order valence-electron chi connectivity index (χ0n) is 15.5. The first-order valence-corrected chi connectivity index (χ1v) is 8.55. The van der Waals surface area contributed by atoms with E-state index in [2.05, 4.69) is 12.2 Å². The van der Waals surface area contributed by atoms with Gasteiger partial charge in [0.25, 0.3) is 5.91 Å². The van der Waals surface area contributed by atoms with Gasteiger partial charge in [-0.25, -0.2) is 0 Å². The quantitative estimate of drug-likeness (QED) is 0.720. The molecule has 2 aromatic rings. The number of nitrogens with two attached hydrogens (primary N) is 1. The molecule has 0 radical (unpaired) electrons. The fourth-order valence-electron chi connectivity index (χ4n) is 2.48. The zero-order valence-corrected chi connectivity index (χ0v) is 15.5. The number of rotatable bonds is 9. The first-order valence-electron chi connectivity index (χ1n) is 8.55. The van der Waals surface area contributed by atoms with Crippen LogP contribution in [0.25, 0.3) is 0 Å². The molecular formula is C20H26N2O4. The molecule has 2 rings (SSSR count). The Morgan fingerprint density at radius 2 is 1.81 bits per heavy atom. The summed E-state index contributed by atoms with van der Waals surface area (Å²) in [6.07, 6.45) is 1.67. The van der Waals surface area contributed by atoms with Crippen LogP contribution in [0, 0.1) is 0 Å². The molecule has 6 heteroatoms. The van der Waals surface area contributed by atoms with Crippen molar-refractivity contribution in [1.29, 1.82) is 0 Å². The van der Waals surface area contributed by atoms with Crippen molar-refractivity contribution in [1.82, 2.24) is 0 Å². The number of hydrogen-bond donors (Lipinski definition) is 2. The highest BCUT2D eigenvalue weighted by Crippen LogP contribution is 2.29. The van der Waals surface area contributed by atoms with E-state index in [1.165, 1.54) is 0 Å². The van der Waals surface area contributed by atoms with Crippen LogP contribution < -0.4 is 25.3 Å². The summed E-state index contributed by atoms with van der Waals surface area (Å²) >= 11 is 0. The topological polar surface area (TPSA) is 82.8 Å². The molecular weight excluding hydrogens is 332 g/mol. The van der Waals surface area contributed by atoms with E-state index in [0.29, 0.717) is 22.9 Å². The standard InChI is InChI=1S/C20H26N2O4/c1-4-15(21)11-14-9-10-18(19(12-14)25-3)26-13-20(23)22-16-7-5-6-8-17(16)24-2/h5-10,12,15H,4,11,13,21H2,1-3H3,(H,22,23). The lowest BCUT2D eigenvalue weighted by Crippen LogP contribution is -2.21. The summed E-state index contributed by atoms with van der Waals surface area (Å²) in [6.45, 7) is 1.92. The van der Waals surface area contributed by atoms with Gasteiger partial charge < -0.3 is 25.3 Å². The van der Waals surface area contributed by atoms with E-state index in [1.807, 2.05) is 24.3 Å². The smallest absolute Gasteiger partial charge is 0.262 e. The maximum absolute atomic E-state index is 12.2. The third-order valence-electron chi connectivity index (χ3n) is 3.99. The average Bonchev–Trinajstić information content (AvgIpc) is 2.67.